The Labute approximate surface area is 120 Å². The summed E-state index contributed by atoms with van der Waals surface area (Å²) in [6.07, 6.45) is -0.0157. The lowest BCUT2D eigenvalue weighted by Gasteiger charge is -2.30. The van der Waals surface area contributed by atoms with E-state index in [1.165, 1.54) is 18.2 Å². The van der Waals surface area contributed by atoms with Gasteiger partial charge in [-0.25, -0.2) is 13.2 Å². The molecule has 0 aliphatic rings. The molecule has 2 N–H and O–H groups in total. The second-order valence-electron chi connectivity index (χ2n) is 5.06. The van der Waals surface area contributed by atoms with Crippen molar-refractivity contribution in [2.24, 2.45) is 0 Å². The Balaban J connectivity index is 2.42. The minimum absolute atomic E-state index is 0.0157. The molecule has 0 saturated heterocycles. The lowest BCUT2D eigenvalue weighted by Crippen LogP contribution is -2.37. The van der Waals surface area contributed by atoms with Gasteiger partial charge in [-0.3, -0.25) is 0 Å². The van der Waals surface area contributed by atoms with E-state index in [4.69, 9.17) is 0 Å². The van der Waals surface area contributed by atoms with Crippen molar-refractivity contribution in [3.63, 3.8) is 0 Å². The summed E-state index contributed by atoms with van der Waals surface area (Å²) in [6.45, 7) is -0.962. The van der Waals surface area contributed by atoms with E-state index in [1.807, 2.05) is 0 Å². The summed E-state index contributed by atoms with van der Waals surface area (Å²) in [5, 5.41) is 19.3. The van der Waals surface area contributed by atoms with Gasteiger partial charge in [0.1, 0.15) is 17.5 Å². The minimum Gasteiger partial charge on any atom is -0.395 e. The van der Waals surface area contributed by atoms with Crippen LogP contribution in [0.1, 0.15) is 11.1 Å². The molecule has 0 atom stereocenters. The van der Waals surface area contributed by atoms with Crippen LogP contribution in [0.5, 0.6) is 0 Å². The normalized spacial score (nSPS) is 11.7. The van der Waals surface area contributed by atoms with E-state index in [9.17, 15) is 23.4 Å². The van der Waals surface area contributed by atoms with Gasteiger partial charge in [-0.2, -0.15) is 0 Å². The molecule has 0 unspecified atom stereocenters. The van der Waals surface area contributed by atoms with Crippen LogP contribution in [-0.4, -0.2) is 23.4 Å². The van der Waals surface area contributed by atoms with Gasteiger partial charge in [0.15, 0.2) is 0 Å². The fraction of sp³-hybridized carbons (Fsp3) is 0.250. The number of aliphatic hydroxyl groups is 2. The molecule has 112 valence electrons. The molecule has 5 heteroatoms. The van der Waals surface area contributed by atoms with Crippen LogP contribution in [0.25, 0.3) is 0 Å². The Morgan fingerprint density at radius 2 is 1.43 bits per heavy atom. The highest BCUT2D eigenvalue weighted by atomic mass is 19.1. The van der Waals surface area contributed by atoms with Gasteiger partial charge in [0.05, 0.1) is 13.2 Å². The van der Waals surface area contributed by atoms with Crippen molar-refractivity contribution in [2.45, 2.75) is 11.8 Å². The highest BCUT2D eigenvalue weighted by Crippen LogP contribution is 2.29. The van der Waals surface area contributed by atoms with Gasteiger partial charge in [-0.15, -0.1) is 0 Å². The molecule has 2 aromatic carbocycles. The maximum atomic E-state index is 13.4. The molecule has 0 saturated carbocycles. The van der Waals surface area contributed by atoms with E-state index in [-0.39, 0.29) is 12.0 Å². The fourth-order valence-corrected chi connectivity index (χ4v) is 2.37. The maximum absolute atomic E-state index is 13.4. The fourth-order valence-electron chi connectivity index (χ4n) is 2.37. The lowest BCUT2D eigenvalue weighted by atomic mass is 9.77. The third kappa shape index (κ3) is 3.43. The molecule has 2 rings (SSSR count). The van der Waals surface area contributed by atoms with E-state index in [0.717, 1.165) is 18.2 Å². The third-order valence-corrected chi connectivity index (χ3v) is 3.51. The van der Waals surface area contributed by atoms with Gasteiger partial charge in [0.25, 0.3) is 0 Å². The molecule has 21 heavy (non-hydrogen) atoms. The Bertz CT molecular complexity index is 604. The van der Waals surface area contributed by atoms with E-state index >= 15 is 0 Å². The van der Waals surface area contributed by atoms with Crippen molar-refractivity contribution < 1.29 is 23.4 Å². The zero-order chi connectivity index (χ0) is 15.5. The minimum atomic E-state index is -1.21. The molecule has 0 aliphatic carbocycles. The summed E-state index contributed by atoms with van der Waals surface area (Å²) in [7, 11) is 0. The summed E-state index contributed by atoms with van der Waals surface area (Å²) >= 11 is 0. The monoisotopic (exact) mass is 296 g/mol. The largest absolute Gasteiger partial charge is 0.395 e. The van der Waals surface area contributed by atoms with E-state index in [1.54, 1.807) is 6.07 Å². The lowest BCUT2D eigenvalue weighted by molar-refractivity contribution is 0.116. The first-order valence-electron chi connectivity index (χ1n) is 6.42. The van der Waals surface area contributed by atoms with E-state index in [2.05, 4.69) is 0 Å². The SMILES string of the molecule is OCC(CO)(Cc1cc(F)cc(F)c1)c1cccc(F)c1. The third-order valence-electron chi connectivity index (χ3n) is 3.51. The van der Waals surface area contributed by atoms with Crippen LogP contribution in [-0.2, 0) is 11.8 Å². The second kappa shape index (κ2) is 6.28. The Morgan fingerprint density at radius 1 is 0.810 bits per heavy atom. The standard InChI is InChI=1S/C16H15F3O2/c17-13-3-1-2-12(6-13)16(9-20,10-21)8-11-4-14(18)7-15(19)5-11/h1-7,20-21H,8-10H2. The molecule has 0 spiro atoms. The Morgan fingerprint density at radius 3 is 1.95 bits per heavy atom. The van der Waals surface area contributed by atoms with Crippen molar-refractivity contribution in [3.8, 4) is 0 Å². The zero-order valence-electron chi connectivity index (χ0n) is 11.2. The summed E-state index contributed by atoms with van der Waals surface area (Å²) in [6, 6.07) is 8.45. The van der Waals surface area contributed by atoms with Gasteiger partial charge in [0, 0.05) is 11.5 Å². The number of halogens is 3. The molecule has 0 aliphatic heterocycles. The number of benzene rings is 2. The first kappa shape index (κ1) is 15.5. The quantitative estimate of drug-likeness (QED) is 0.890. The van der Waals surface area contributed by atoms with Crippen LogP contribution in [0.3, 0.4) is 0 Å². The van der Waals surface area contributed by atoms with Crippen LogP contribution in [0, 0.1) is 17.5 Å². The number of rotatable bonds is 5. The topological polar surface area (TPSA) is 40.5 Å². The maximum Gasteiger partial charge on any atom is 0.126 e. The summed E-state index contributed by atoms with van der Waals surface area (Å²) in [5.74, 6) is -1.99. The molecule has 0 aromatic heterocycles. The predicted molar refractivity (Wildman–Crippen MR) is 72.3 cm³/mol. The highest BCUT2D eigenvalue weighted by Gasteiger charge is 2.32. The molecule has 0 amide bonds. The average molecular weight is 296 g/mol. The van der Waals surface area contributed by atoms with Gasteiger partial charge in [-0.05, 0) is 41.8 Å². The van der Waals surface area contributed by atoms with Crippen molar-refractivity contribution in [1.29, 1.82) is 0 Å². The molecular formula is C16H15F3O2. The summed E-state index contributed by atoms with van der Waals surface area (Å²) < 4.78 is 39.9. The predicted octanol–water partition coefficient (Wildman–Crippen LogP) is 2.57. The molecule has 0 heterocycles. The molecule has 0 bridgehead atoms. The number of aliphatic hydroxyl groups excluding tert-OH is 2. The summed E-state index contributed by atoms with van der Waals surface area (Å²) in [4.78, 5) is 0. The molecule has 0 radical (unpaired) electrons. The van der Waals surface area contributed by atoms with Crippen molar-refractivity contribution >= 4 is 0 Å². The van der Waals surface area contributed by atoms with Gasteiger partial charge >= 0.3 is 0 Å². The van der Waals surface area contributed by atoms with E-state index in [0.29, 0.717) is 5.56 Å². The molecule has 2 nitrogen and oxygen atoms in total. The summed E-state index contributed by atoms with van der Waals surface area (Å²) in [5.41, 5.74) is -0.556. The van der Waals surface area contributed by atoms with Gasteiger partial charge in [0.2, 0.25) is 0 Å². The first-order valence-corrected chi connectivity index (χ1v) is 6.42. The molecular weight excluding hydrogens is 281 g/mol. The molecule has 2 aromatic rings. The van der Waals surface area contributed by atoms with Crippen molar-refractivity contribution in [2.75, 3.05) is 13.2 Å². The van der Waals surface area contributed by atoms with Gasteiger partial charge in [-0.1, -0.05) is 12.1 Å². The van der Waals surface area contributed by atoms with Crippen LogP contribution in [0.2, 0.25) is 0 Å². The van der Waals surface area contributed by atoms with E-state index < -0.39 is 36.1 Å². The van der Waals surface area contributed by atoms with Crippen molar-refractivity contribution in [3.05, 3.63) is 71.0 Å². The van der Waals surface area contributed by atoms with Crippen LogP contribution in [0.15, 0.2) is 42.5 Å². The number of hydrogen-bond donors (Lipinski definition) is 2. The Kier molecular flexibility index (Phi) is 4.65. The van der Waals surface area contributed by atoms with Crippen LogP contribution in [0.4, 0.5) is 13.2 Å². The van der Waals surface area contributed by atoms with Gasteiger partial charge < -0.3 is 10.2 Å². The second-order valence-corrected chi connectivity index (χ2v) is 5.06. The highest BCUT2D eigenvalue weighted by molar-refractivity contribution is 5.31. The van der Waals surface area contributed by atoms with Crippen LogP contribution >= 0.6 is 0 Å². The van der Waals surface area contributed by atoms with Crippen molar-refractivity contribution in [1.82, 2.24) is 0 Å². The smallest absolute Gasteiger partial charge is 0.126 e. The Hall–Kier alpha value is -1.85. The average Bonchev–Trinajstić information content (AvgIpc) is 2.44. The molecule has 0 fully saturated rings. The zero-order valence-corrected chi connectivity index (χ0v) is 11.2. The first-order chi connectivity index (χ1) is 9.99. The van der Waals surface area contributed by atoms with Crippen LogP contribution < -0.4 is 0 Å². The number of hydrogen-bond acceptors (Lipinski definition) is 2.